The van der Waals surface area contributed by atoms with Crippen molar-refractivity contribution < 1.29 is 0 Å². The van der Waals surface area contributed by atoms with Crippen LogP contribution in [0.15, 0.2) is 12.1 Å². The molecule has 1 N–H and O–H groups in total. The lowest BCUT2D eigenvalue weighted by atomic mass is 10.3. The minimum atomic E-state index is 0.551. The van der Waals surface area contributed by atoms with E-state index in [1.165, 1.54) is 0 Å². The standard InChI is InChI=1S/C9H13ClN2/c1-3-6-11-8-4-5-9(10)12-7(8)2/h4-5,11H,3,6H2,1-2H3. The molecule has 1 heterocycles. The van der Waals surface area contributed by atoms with Gasteiger partial charge in [0.1, 0.15) is 5.15 Å². The van der Waals surface area contributed by atoms with Crippen molar-refractivity contribution in [2.24, 2.45) is 0 Å². The second kappa shape index (κ2) is 4.31. The number of hydrogen-bond donors (Lipinski definition) is 1. The molecule has 1 rings (SSSR count). The second-order valence-corrected chi connectivity index (χ2v) is 3.08. The number of aryl methyl sites for hydroxylation is 1. The molecule has 0 bridgehead atoms. The Morgan fingerprint density at radius 1 is 1.50 bits per heavy atom. The molecule has 0 saturated carbocycles. The van der Waals surface area contributed by atoms with Crippen LogP contribution in [0.2, 0.25) is 5.15 Å². The number of pyridine rings is 1. The molecule has 1 aromatic rings. The van der Waals surface area contributed by atoms with Crippen molar-refractivity contribution in [3.05, 3.63) is 23.0 Å². The number of halogens is 1. The summed E-state index contributed by atoms with van der Waals surface area (Å²) in [5.74, 6) is 0. The number of anilines is 1. The molecule has 0 aliphatic heterocycles. The third-order valence-corrected chi connectivity index (χ3v) is 1.83. The predicted molar refractivity (Wildman–Crippen MR) is 52.8 cm³/mol. The molecule has 0 fully saturated rings. The molecule has 2 nitrogen and oxygen atoms in total. The molecule has 0 atom stereocenters. The van der Waals surface area contributed by atoms with E-state index in [9.17, 15) is 0 Å². The van der Waals surface area contributed by atoms with Gasteiger partial charge >= 0.3 is 0 Å². The van der Waals surface area contributed by atoms with Crippen LogP contribution in [0.25, 0.3) is 0 Å². The molecule has 0 aromatic carbocycles. The molecule has 0 aliphatic rings. The van der Waals surface area contributed by atoms with Gasteiger partial charge in [-0.25, -0.2) is 4.98 Å². The van der Waals surface area contributed by atoms with E-state index < -0.39 is 0 Å². The molecule has 0 saturated heterocycles. The molecule has 12 heavy (non-hydrogen) atoms. The lowest BCUT2D eigenvalue weighted by Crippen LogP contribution is -2.02. The summed E-state index contributed by atoms with van der Waals surface area (Å²) in [4.78, 5) is 4.13. The number of nitrogens with zero attached hydrogens (tertiary/aromatic N) is 1. The van der Waals surface area contributed by atoms with Gasteiger partial charge in [-0.3, -0.25) is 0 Å². The van der Waals surface area contributed by atoms with Crippen molar-refractivity contribution in [1.29, 1.82) is 0 Å². The topological polar surface area (TPSA) is 24.9 Å². The molecule has 0 radical (unpaired) electrons. The largest absolute Gasteiger partial charge is 0.384 e. The van der Waals surface area contributed by atoms with E-state index in [2.05, 4.69) is 17.2 Å². The van der Waals surface area contributed by atoms with Gasteiger partial charge in [-0.1, -0.05) is 18.5 Å². The van der Waals surface area contributed by atoms with E-state index in [4.69, 9.17) is 11.6 Å². The number of hydrogen-bond acceptors (Lipinski definition) is 2. The van der Waals surface area contributed by atoms with Gasteiger partial charge in [-0.05, 0) is 25.5 Å². The SMILES string of the molecule is CCCNc1ccc(Cl)nc1C. The summed E-state index contributed by atoms with van der Waals surface area (Å²) >= 11 is 5.71. The lowest BCUT2D eigenvalue weighted by Gasteiger charge is -2.06. The van der Waals surface area contributed by atoms with E-state index in [1.807, 2.05) is 13.0 Å². The minimum absolute atomic E-state index is 0.551. The average molecular weight is 185 g/mol. The highest BCUT2D eigenvalue weighted by Gasteiger charge is 1.97. The average Bonchev–Trinajstić information content (AvgIpc) is 2.03. The maximum atomic E-state index is 5.71. The zero-order valence-electron chi connectivity index (χ0n) is 7.39. The van der Waals surface area contributed by atoms with Crippen LogP contribution in [0.1, 0.15) is 19.0 Å². The zero-order valence-corrected chi connectivity index (χ0v) is 8.15. The minimum Gasteiger partial charge on any atom is -0.384 e. The van der Waals surface area contributed by atoms with Crippen molar-refractivity contribution in [2.45, 2.75) is 20.3 Å². The van der Waals surface area contributed by atoms with Crippen molar-refractivity contribution in [3.63, 3.8) is 0 Å². The van der Waals surface area contributed by atoms with Crippen molar-refractivity contribution in [3.8, 4) is 0 Å². The molecular formula is C9H13ClN2. The van der Waals surface area contributed by atoms with Crippen LogP contribution in [0.3, 0.4) is 0 Å². The van der Waals surface area contributed by atoms with E-state index >= 15 is 0 Å². The van der Waals surface area contributed by atoms with Gasteiger partial charge in [0.2, 0.25) is 0 Å². The van der Waals surface area contributed by atoms with Crippen LogP contribution < -0.4 is 5.32 Å². The Morgan fingerprint density at radius 3 is 2.83 bits per heavy atom. The lowest BCUT2D eigenvalue weighted by molar-refractivity contribution is 0.973. The predicted octanol–water partition coefficient (Wildman–Crippen LogP) is 2.87. The fourth-order valence-electron chi connectivity index (χ4n) is 0.977. The van der Waals surface area contributed by atoms with Crippen LogP contribution >= 0.6 is 11.6 Å². The maximum Gasteiger partial charge on any atom is 0.129 e. The van der Waals surface area contributed by atoms with Crippen molar-refractivity contribution >= 4 is 17.3 Å². The monoisotopic (exact) mass is 184 g/mol. The Hall–Kier alpha value is -0.760. The third-order valence-electron chi connectivity index (χ3n) is 1.62. The summed E-state index contributed by atoms with van der Waals surface area (Å²) in [6.07, 6.45) is 1.11. The number of rotatable bonds is 3. The molecule has 3 heteroatoms. The highest BCUT2D eigenvalue weighted by Crippen LogP contribution is 2.15. The van der Waals surface area contributed by atoms with Gasteiger partial charge in [0, 0.05) is 6.54 Å². The Bertz CT molecular complexity index is 261. The molecule has 0 spiro atoms. The first-order valence-electron chi connectivity index (χ1n) is 4.11. The Morgan fingerprint density at radius 2 is 2.25 bits per heavy atom. The van der Waals surface area contributed by atoms with Gasteiger partial charge in [-0.2, -0.15) is 0 Å². The highest BCUT2D eigenvalue weighted by atomic mass is 35.5. The summed E-state index contributed by atoms with van der Waals surface area (Å²) in [7, 11) is 0. The van der Waals surface area contributed by atoms with E-state index in [1.54, 1.807) is 6.07 Å². The third kappa shape index (κ3) is 2.38. The Kier molecular flexibility index (Phi) is 3.35. The smallest absolute Gasteiger partial charge is 0.129 e. The van der Waals surface area contributed by atoms with Crippen LogP contribution in [0.4, 0.5) is 5.69 Å². The molecule has 66 valence electrons. The van der Waals surface area contributed by atoms with Gasteiger partial charge in [0.25, 0.3) is 0 Å². The van der Waals surface area contributed by atoms with E-state index in [0.29, 0.717) is 5.15 Å². The van der Waals surface area contributed by atoms with Gasteiger partial charge in [-0.15, -0.1) is 0 Å². The molecular weight excluding hydrogens is 172 g/mol. The summed E-state index contributed by atoms with van der Waals surface area (Å²) in [5, 5.41) is 3.82. The molecule has 0 unspecified atom stereocenters. The summed E-state index contributed by atoms with van der Waals surface area (Å²) < 4.78 is 0. The van der Waals surface area contributed by atoms with Crippen LogP contribution in [0, 0.1) is 6.92 Å². The first-order valence-corrected chi connectivity index (χ1v) is 4.49. The fraction of sp³-hybridized carbons (Fsp3) is 0.444. The maximum absolute atomic E-state index is 5.71. The summed E-state index contributed by atoms with van der Waals surface area (Å²) in [6.45, 7) is 5.06. The van der Waals surface area contributed by atoms with Crippen molar-refractivity contribution in [2.75, 3.05) is 11.9 Å². The highest BCUT2D eigenvalue weighted by molar-refractivity contribution is 6.29. The zero-order chi connectivity index (χ0) is 8.97. The first-order chi connectivity index (χ1) is 5.74. The number of aromatic nitrogens is 1. The van der Waals surface area contributed by atoms with Crippen LogP contribution in [-0.4, -0.2) is 11.5 Å². The summed E-state index contributed by atoms with van der Waals surface area (Å²) in [6, 6.07) is 3.76. The first kappa shape index (κ1) is 9.33. The van der Waals surface area contributed by atoms with Crippen LogP contribution in [-0.2, 0) is 0 Å². The Balaban J connectivity index is 2.72. The number of nitrogens with one attached hydrogen (secondary N) is 1. The van der Waals surface area contributed by atoms with E-state index in [0.717, 1.165) is 24.3 Å². The molecule has 0 amide bonds. The normalized spacial score (nSPS) is 9.92. The van der Waals surface area contributed by atoms with Gasteiger partial charge in [0.05, 0.1) is 11.4 Å². The van der Waals surface area contributed by atoms with Gasteiger partial charge in [0.15, 0.2) is 0 Å². The van der Waals surface area contributed by atoms with Gasteiger partial charge < -0.3 is 5.32 Å². The quantitative estimate of drug-likeness (QED) is 0.731. The van der Waals surface area contributed by atoms with Crippen LogP contribution in [0.5, 0.6) is 0 Å². The molecule has 0 aliphatic carbocycles. The van der Waals surface area contributed by atoms with Crippen molar-refractivity contribution in [1.82, 2.24) is 4.98 Å². The van der Waals surface area contributed by atoms with E-state index in [-0.39, 0.29) is 0 Å². The second-order valence-electron chi connectivity index (χ2n) is 2.69. The fourth-order valence-corrected chi connectivity index (χ4v) is 1.17. The Labute approximate surface area is 78.0 Å². The molecule has 1 aromatic heterocycles. The summed E-state index contributed by atoms with van der Waals surface area (Å²) in [5.41, 5.74) is 2.03.